The third-order valence-corrected chi connectivity index (χ3v) is 5.28. The van der Waals surface area contributed by atoms with Crippen LogP contribution in [-0.4, -0.2) is 10.9 Å². The molecule has 0 fully saturated rings. The van der Waals surface area contributed by atoms with Gasteiger partial charge in [0.1, 0.15) is 0 Å². The van der Waals surface area contributed by atoms with E-state index < -0.39 is 0 Å². The summed E-state index contributed by atoms with van der Waals surface area (Å²) in [5.74, 6) is 0.593. The lowest BCUT2D eigenvalue weighted by atomic mass is 9.88. The average Bonchev–Trinajstić information content (AvgIpc) is 3.03. The first-order chi connectivity index (χ1) is 10.6. The summed E-state index contributed by atoms with van der Waals surface area (Å²) in [5, 5.41) is 2.94. The maximum Gasteiger partial charge on any atom is 0.256 e. The van der Waals surface area contributed by atoms with Crippen molar-refractivity contribution in [1.82, 2.24) is 4.98 Å². The fourth-order valence-electron chi connectivity index (χ4n) is 3.46. The fraction of sp³-hybridized carbons (Fsp3) is 0.278. The quantitative estimate of drug-likeness (QED) is 0.532. The van der Waals surface area contributed by atoms with Gasteiger partial charge in [0.2, 0.25) is 0 Å². The van der Waals surface area contributed by atoms with E-state index in [9.17, 15) is 4.79 Å². The first-order valence-corrected chi connectivity index (χ1v) is 8.74. The Morgan fingerprint density at radius 2 is 2.18 bits per heavy atom. The number of aryl methyl sites for hydroxylation is 1. The topological polar surface area (TPSA) is 44.9 Å². The monoisotopic (exact) mass is 404 g/mol. The van der Waals surface area contributed by atoms with Crippen molar-refractivity contribution in [2.75, 3.05) is 5.32 Å². The highest BCUT2D eigenvalue weighted by Crippen LogP contribution is 2.36. The highest BCUT2D eigenvalue weighted by atomic mass is 127. The van der Waals surface area contributed by atoms with Crippen LogP contribution in [0.2, 0.25) is 0 Å². The number of fused-ring (bicyclic) bond motifs is 2. The smallest absolute Gasteiger partial charge is 0.256 e. The highest BCUT2D eigenvalue weighted by Gasteiger charge is 2.25. The molecule has 1 unspecified atom stereocenters. The molecule has 0 radical (unpaired) electrons. The number of nitrogens with one attached hydrogen (secondary N) is 2. The fourth-order valence-corrected chi connectivity index (χ4v) is 3.95. The number of amides is 1. The van der Waals surface area contributed by atoms with Crippen LogP contribution in [0, 0.1) is 3.57 Å². The second-order valence-electron chi connectivity index (χ2n) is 6.15. The first-order valence-electron chi connectivity index (χ1n) is 7.66. The molecule has 1 aliphatic carbocycles. The molecular formula is C18H17IN2O. The van der Waals surface area contributed by atoms with Gasteiger partial charge in [0.25, 0.3) is 5.91 Å². The average molecular weight is 404 g/mol. The van der Waals surface area contributed by atoms with Crippen LogP contribution in [0.1, 0.15) is 48.2 Å². The van der Waals surface area contributed by atoms with Crippen LogP contribution in [-0.2, 0) is 11.2 Å². The molecule has 2 N–H and O–H groups in total. The normalized spacial score (nSPS) is 21.6. The summed E-state index contributed by atoms with van der Waals surface area (Å²) < 4.78 is 1.14. The van der Waals surface area contributed by atoms with Crippen molar-refractivity contribution >= 4 is 45.8 Å². The van der Waals surface area contributed by atoms with Crippen molar-refractivity contribution in [1.29, 1.82) is 0 Å². The Morgan fingerprint density at radius 1 is 1.32 bits per heavy atom. The van der Waals surface area contributed by atoms with Gasteiger partial charge < -0.3 is 10.3 Å². The molecule has 0 bridgehead atoms. The molecule has 0 saturated heterocycles. The molecule has 1 aliphatic heterocycles. The minimum absolute atomic E-state index is 0.0161. The van der Waals surface area contributed by atoms with Gasteiger partial charge in [-0.1, -0.05) is 6.92 Å². The van der Waals surface area contributed by atoms with E-state index in [1.165, 1.54) is 24.1 Å². The number of carbonyl (C=O) groups excluding carboxylic acids is 1. The maximum atomic E-state index is 12.3. The third-order valence-electron chi connectivity index (χ3n) is 4.61. The molecule has 3 nitrogen and oxygen atoms in total. The van der Waals surface area contributed by atoms with Gasteiger partial charge in [0.15, 0.2) is 0 Å². The van der Waals surface area contributed by atoms with Crippen LogP contribution in [0.3, 0.4) is 0 Å². The van der Waals surface area contributed by atoms with E-state index in [1.54, 1.807) is 0 Å². The predicted octanol–water partition coefficient (Wildman–Crippen LogP) is 4.55. The van der Waals surface area contributed by atoms with Crippen LogP contribution in [0.4, 0.5) is 5.69 Å². The minimum atomic E-state index is -0.0161. The molecule has 2 heterocycles. The molecule has 4 heteroatoms. The lowest BCUT2D eigenvalue weighted by Gasteiger charge is -2.17. The first kappa shape index (κ1) is 14.1. The third kappa shape index (κ3) is 2.29. The number of hydrogen-bond donors (Lipinski definition) is 2. The van der Waals surface area contributed by atoms with Crippen molar-refractivity contribution in [3.63, 3.8) is 0 Å². The molecular weight excluding hydrogens is 387 g/mol. The molecule has 1 aromatic heterocycles. The maximum absolute atomic E-state index is 12.3. The second kappa shape index (κ2) is 5.26. The zero-order chi connectivity index (χ0) is 15.3. The summed E-state index contributed by atoms with van der Waals surface area (Å²) >= 11 is 2.28. The molecule has 112 valence electrons. The largest absolute Gasteiger partial charge is 0.359 e. The SMILES string of the molecule is CC1CCCc2[nH]c(C=C3C(=O)Nc4ccc(I)cc43)cc21. The molecule has 1 atom stereocenters. The molecule has 0 spiro atoms. The predicted molar refractivity (Wildman–Crippen MR) is 97.8 cm³/mol. The van der Waals surface area contributed by atoms with E-state index in [2.05, 4.69) is 51.9 Å². The van der Waals surface area contributed by atoms with E-state index in [-0.39, 0.29) is 5.91 Å². The van der Waals surface area contributed by atoms with Crippen molar-refractivity contribution in [3.05, 3.63) is 50.4 Å². The lowest BCUT2D eigenvalue weighted by molar-refractivity contribution is -0.110. The summed E-state index contributed by atoms with van der Waals surface area (Å²) in [6, 6.07) is 8.26. The molecule has 4 rings (SSSR count). The molecule has 2 aromatic rings. The molecule has 1 aromatic carbocycles. The summed E-state index contributed by atoms with van der Waals surface area (Å²) in [5.41, 5.74) is 6.44. The second-order valence-corrected chi connectivity index (χ2v) is 7.40. The Kier molecular flexibility index (Phi) is 3.36. The molecule has 0 saturated carbocycles. The lowest BCUT2D eigenvalue weighted by Crippen LogP contribution is -2.04. The van der Waals surface area contributed by atoms with Crippen LogP contribution in [0.25, 0.3) is 11.6 Å². The van der Waals surface area contributed by atoms with Gasteiger partial charge in [-0.05, 0) is 83.7 Å². The number of carbonyl (C=O) groups is 1. The van der Waals surface area contributed by atoms with Gasteiger partial charge in [-0.25, -0.2) is 0 Å². The van der Waals surface area contributed by atoms with Crippen molar-refractivity contribution < 1.29 is 4.79 Å². The molecule has 1 amide bonds. The minimum Gasteiger partial charge on any atom is -0.359 e. The van der Waals surface area contributed by atoms with Crippen LogP contribution in [0.5, 0.6) is 0 Å². The van der Waals surface area contributed by atoms with Crippen LogP contribution >= 0.6 is 22.6 Å². The summed E-state index contributed by atoms with van der Waals surface area (Å²) in [6.07, 6.45) is 5.60. The Bertz CT molecular complexity index is 803. The summed E-state index contributed by atoms with van der Waals surface area (Å²) in [4.78, 5) is 15.8. The zero-order valence-corrected chi connectivity index (χ0v) is 14.5. The Labute approximate surface area is 143 Å². The number of benzene rings is 1. The highest BCUT2D eigenvalue weighted by molar-refractivity contribution is 14.1. The van der Waals surface area contributed by atoms with Crippen LogP contribution < -0.4 is 5.32 Å². The number of hydrogen-bond acceptors (Lipinski definition) is 1. The standard InChI is InChI=1S/C18H17IN2O/c1-10-3-2-4-16-13(10)8-12(20-16)9-15-14-7-11(19)5-6-17(14)21-18(15)22/h5-10,20H,2-4H2,1H3,(H,21,22). The number of halogens is 1. The zero-order valence-electron chi connectivity index (χ0n) is 12.4. The number of aromatic nitrogens is 1. The Balaban J connectivity index is 1.78. The van der Waals surface area contributed by atoms with Gasteiger partial charge in [-0.15, -0.1) is 0 Å². The van der Waals surface area contributed by atoms with E-state index in [0.717, 1.165) is 32.5 Å². The number of anilines is 1. The van der Waals surface area contributed by atoms with E-state index in [4.69, 9.17) is 0 Å². The Morgan fingerprint density at radius 3 is 3.00 bits per heavy atom. The van der Waals surface area contributed by atoms with E-state index >= 15 is 0 Å². The van der Waals surface area contributed by atoms with Gasteiger partial charge in [-0.2, -0.15) is 0 Å². The van der Waals surface area contributed by atoms with E-state index in [1.807, 2.05) is 18.2 Å². The van der Waals surface area contributed by atoms with Gasteiger partial charge >= 0.3 is 0 Å². The number of H-pyrrole nitrogens is 1. The molecule has 2 aliphatic rings. The Hall–Kier alpha value is -1.56. The number of aromatic amines is 1. The van der Waals surface area contributed by atoms with Crippen molar-refractivity contribution in [3.8, 4) is 0 Å². The molecule has 22 heavy (non-hydrogen) atoms. The van der Waals surface area contributed by atoms with Crippen molar-refractivity contribution in [2.24, 2.45) is 0 Å². The van der Waals surface area contributed by atoms with Crippen LogP contribution in [0.15, 0.2) is 24.3 Å². The van der Waals surface area contributed by atoms with Gasteiger partial charge in [0, 0.05) is 26.2 Å². The van der Waals surface area contributed by atoms with E-state index in [0.29, 0.717) is 5.92 Å². The van der Waals surface area contributed by atoms with Gasteiger partial charge in [0.05, 0.1) is 5.57 Å². The van der Waals surface area contributed by atoms with Crippen molar-refractivity contribution in [2.45, 2.75) is 32.1 Å². The summed E-state index contributed by atoms with van der Waals surface area (Å²) in [7, 11) is 0. The summed E-state index contributed by atoms with van der Waals surface area (Å²) in [6.45, 7) is 2.28. The number of rotatable bonds is 1. The van der Waals surface area contributed by atoms with Gasteiger partial charge in [-0.3, -0.25) is 4.79 Å².